The Morgan fingerprint density at radius 3 is 1.94 bits per heavy atom. The van der Waals surface area contributed by atoms with Crippen molar-refractivity contribution < 1.29 is 42.9 Å². The van der Waals surface area contributed by atoms with Crippen LogP contribution in [-0.4, -0.2) is 120 Å². The van der Waals surface area contributed by atoms with Crippen LogP contribution in [0.5, 0.6) is 11.5 Å². The highest BCUT2D eigenvalue weighted by Gasteiger charge is 2.40. The fourth-order valence-corrected chi connectivity index (χ4v) is 8.69. The number of nitrogens with one attached hydrogen (secondary N) is 4. The monoisotopic (exact) mass is 848 g/mol. The summed E-state index contributed by atoms with van der Waals surface area (Å²) in [6, 6.07) is 16.0. The first kappa shape index (κ1) is 42.2. The number of likely N-dealkylation sites (tertiary alicyclic amines) is 2. The molecule has 8 rings (SSSR count). The van der Waals surface area contributed by atoms with Gasteiger partial charge in [0.15, 0.2) is 0 Å². The van der Waals surface area contributed by atoms with Gasteiger partial charge < -0.3 is 54.1 Å². The number of amides is 4. The molecule has 6 atom stereocenters. The Morgan fingerprint density at radius 1 is 0.710 bits per heavy atom. The number of ether oxygens (including phenoxy) is 5. The van der Waals surface area contributed by atoms with Crippen LogP contribution in [-0.2, 0) is 35.0 Å². The van der Waals surface area contributed by atoms with Crippen molar-refractivity contribution in [2.75, 3.05) is 41.5 Å². The second-order valence-electron chi connectivity index (χ2n) is 15.9. The molecular weight excluding hydrogens is 797 g/mol. The van der Waals surface area contributed by atoms with Crippen molar-refractivity contribution in [1.82, 2.24) is 40.4 Å². The summed E-state index contributed by atoms with van der Waals surface area (Å²) in [5, 5.41) is 5.26. The van der Waals surface area contributed by atoms with Crippen molar-refractivity contribution in [1.29, 1.82) is 0 Å². The number of fused-ring (bicyclic) bond motifs is 3. The summed E-state index contributed by atoms with van der Waals surface area (Å²) >= 11 is 0. The fourth-order valence-electron chi connectivity index (χ4n) is 8.69. The zero-order valence-electron chi connectivity index (χ0n) is 35.7. The van der Waals surface area contributed by atoms with Gasteiger partial charge in [0.1, 0.15) is 35.2 Å². The van der Waals surface area contributed by atoms with E-state index in [-0.39, 0.29) is 23.9 Å². The molecule has 2 aromatic heterocycles. The van der Waals surface area contributed by atoms with Gasteiger partial charge in [-0.3, -0.25) is 9.59 Å². The lowest BCUT2D eigenvalue weighted by molar-refractivity contribution is -0.138. The minimum Gasteiger partial charge on any atom is -0.457 e. The van der Waals surface area contributed by atoms with Crippen LogP contribution < -0.4 is 15.4 Å². The number of H-pyrrole nitrogens is 2. The second kappa shape index (κ2) is 17.9. The summed E-state index contributed by atoms with van der Waals surface area (Å²) in [5.74, 6) is 2.41. The first-order chi connectivity index (χ1) is 30.0. The number of carbonyl (C=O) groups is 4. The Morgan fingerprint density at radius 2 is 1.31 bits per heavy atom. The van der Waals surface area contributed by atoms with Gasteiger partial charge in [0.05, 0.1) is 61.4 Å². The van der Waals surface area contributed by atoms with Crippen LogP contribution in [0.1, 0.15) is 74.4 Å². The van der Waals surface area contributed by atoms with E-state index in [0.29, 0.717) is 31.2 Å². The summed E-state index contributed by atoms with van der Waals surface area (Å²) in [6.45, 7) is 4.53. The maximum absolute atomic E-state index is 13.7. The van der Waals surface area contributed by atoms with Gasteiger partial charge in [0.2, 0.25) is 11.8 Å². The van der Waals surface area contributed by atoms with Gasteiger partial charge >= 0.3 is 12.2 Å². The predicted octanol–water partition coefficient (Wildman–Crippen LogP) is 6.16. The largest absolute Gasteiger partial charge is 0.457 e. The summed E-state index contributed by atoms with van der Waals surface area (Å²) in [4.78, 5) is 71.6. The number of rotatable bonds is 12. The second-order valence-corrected chi connectivity index (χ2v) is 15.9. The minimum atomic E-state index is -0.910. The molecule has 3 aliphatic heterocycles. The smallest absolute Gasteiger partial charge is 0.407 e. The average molecular weight is 849 g/mol. The molecule has 5 heterocycles. The van der Waals surface area contributed by atoms with Crippen LogP contribution >= 0.6 is 0 Å². The molecule has 3 aromatic carbocycles. The van der Waals surface area contributed by atoms with E-state index >= 15 is 0 Å². The Bertz CT molecular complexity index is 2480. The molecule has 4 amide bonds. The third-order valence-electron chi connectivity index (χ3n) is 12.3. The zero-order chi connectivity index (χ0) is 43.7. The van der Waals surface area contributed by atoms with E-state index in [4.69, 9.17) is 33.7 Å². The number of aromatic amines is 2. The Balaban J connectivity index is 0.960. The highest BCUT2D eigenvalue weighted by molar-refractivity contribution is 5.88. The molecule has 62 heavy (non-hydrogen) atoms. The van der Waals surface area contributed by atoms with Gasteiger partial charge in [-0.15, -0.1) is 0 Å². The molecule has 4 N–H and O–H groups in total. The average Bonchev–Trinajstić information content (AvgIpc) is 4.14. The molecule has 326 valence electrons. The van der Waals surface area contributed by atoms with Crippen LogP contribution in [0.25, 0.3) is 33.4 Å². The summed E-state index contributed by atoms with van der Waals surface area (Å²) in [5.41, 5.74) is 7.46. The zero-order valence-corrected chi connectivity index (χ0v) is 35.7. The quantitative estimate of drug-likeness (QED) is 0.110. The lowest BCUT2D eigenvalue weighted by Crippen LogP contribution is -2.54. The van der Waals surface area contributed by atoms with Gasteiger partial charge in [-0.1, -0.05) is 18.2 Å². The first-order valence-electron chi connectivity index (χ1n) is 20.8. The summed E-state index contributed by atoms with van der Waals surface area (Å²) in [7, 11) is 5.51. The molecule has 17 heteroatoms. The lowest BCUT2D eigenvalue weighted by atomic mass is 9.95. The van der Waals surface area contributed by atoms with Gasteiger partial charge in [0.25, 0.3) is 0 Å². The topological polar surface area (TPSA) is 202 Å². The van der Waals surface area contributed by atoms with E-state index in [1.165, 1.54) is 28.4 Å². The van der Waals surface area contributed by atoms with Crippen molar-refractivity contribution in [2.24, 2.45) is 0 Å². The maximum atomic E-state index is 13.7. The number of alkyl carbamates (subject to hydrolysis) is 2. The number of benzene rings is 3. The number of aromatic nitrogens is 4. The molecule has 17 nitrogen and oxygen atoms in total. The van der Waals surface area contributed by atoms with Gasteiger partial charge in [-0.2, -0.15) is 0 Å². The standard InChI is InChI=1S/C45H52N8O9/c1-24(58-3)38(50-44(56)60-5)42(54)52-17-7-9-34(52)40-46-23-33(49-40)28-14-16-36-30(19-28)20-29-12-11-27(22-37(29)62-36)26-13-15-31-32(21-26)48-41(47-31)35-10-8-18-53(35)43(55)39(25(2)59-4)51-45(57)61-6/h11-16,19,21-25,34-35,38-39H,7-10,17-18,20H2,1-6H3,(H,46,49)(H,47,48)(H,50,56)(H,51,57)/t24-,25-,34+,35+,38+,39+/m1/s1. The SMILES string of the molecule is COC(=O)N[C@H](C(=O)N1CCC[C@H]1c1ncc(-c2ccc3c(c2)Cc2ccc(-c4ccc5nc([C@@H]6CCCN6C(=O)[C@@H](NC(=O)OC)[C@@H](C)OC)[nH]c5c4)cc2O3)[nH]1)[C@@H](C)OC. The highest BCUT2D eigenvalue weighted by Crippen LogP contribution is 2.41. The molecular formula is C45H52N8O9. The number of imidazole rings is 2. The number of hydrogen-bond donors (Lipinski definition) is 4. The van der Waals surface area contributed by atoms with E-state index in [1.807, 2.05) is 24.3 Å². The van der Waals surface area contributed by atoms with Gasteiger partial charge in [0, 0.05) is 39.3 Å². The Hall–Kier alpha value is -6.46. The number of methoxy groups -OCH3 is 4. The number of hydrogen-bond acceptors (Lipinski definition) is 11. The minimum absolute atomic E-state index is 0.253. The molecule has 0 saturated carbocycles. The third-order valence-corrected chi connectivity index (χ3v) is 12.3. The Labute approximate surface area is 358 Å². The predicted molar refractivity (Wildman–Crippen MR) is 227 cm³/mol. The highest BCUT2D eigenvalue weighted by atomic mass is 16.5. The molecule has 5 aromatic rings. The van der Waals surface area contributed by atoms with Gasteiger partial charge in [-0.25, -0.2) is 19.6 Å². The van der Waals surface area contributed by atoms with E-state index in [9.17, 15) is 19.2 Å². The van der Waals surface area contributed by atoms with Crippen molar-refractivity contribution in [3.63, 3.8) is 0 Å². The van der Waals surface area contributed by atoms with Crippen LogP contribution in [0.3, 0.4) is 0 Å². The van der Waals surface area contributed by atoms with Crippen molar-refractivity contribution >= 4 is 35.0 Å². The first-order valence-corrected chi connectivity index (χ1v) is 20.8. The molecule has 2 fully saturated rings. The van der Waals surface area contributed by atoms with Crippen LogP contribution in [0.15, 0.2) is 60.8 Å². The molecule has 0 aliphatic carbocycles. The van der Waals surface area contributed by atoms with Crippen LogP contribution in [0, 0.1) is 0 Å². The third kappa shape index (κ3) is 8.29. The molecule has 0 unspecified atom stereocenters. The van der Waals surface area contributed by atoms with Crippen molar-refractivity contribution in [3.8, 4) is 33.9 Å². The van der Waals surface area contributed by atoms with Crippen molar-refractivity contribution in [3.05, 3.63) is 83.6 Å². The molecule has 0 radical (unpaired) electrons. The Kier molecular flexibility index (Phi) is 12.2. The summed E-state index contributed by atoms with van der Waals surface area (Å²) in [6.07, 6.45) is 2.99. The van der Waals surface area contributed by atoms with Crippen LogP contribution in [0.4, 0.5) is 9.59 Å². The van der Waals surface area contributed by atoms with E-state index < -0.39 is 36.5 Å². The van der Waals surface area contributed by atoms with Gasteiger partial charge in [-0.05, 0) is 98.2 Å². The van der Waals surface area contributed by atoms with E-state index in [0.717, 1.165) is 81.7 Å². The maximum Gasteiger partial charge on any atom is 0.407 e. The van der Waals surface area contributed by atoms with E-state index in [2.05, 4.69) is 50.9 Å². The van der Waals surface area contributed by atoms with Crippen molar-refractivity contribution in [2.45, 2.75) is 82.3 Å². The number of carbonyl (C=O) groups excluding carboxylic acids is 4. The molecule has 2 saturated heterocycles. The van der Waals surface area contributed by atoms with Crippen LogP contribution in [0.2, 0.25) is 0 Å². The summed E-state index contributed by atoms with van der Waals surface area (Å²) < 4.78 is 26.9. The lowest BCUT2D eigenvalue weighted by Gasteiger charge is -2.30. The normalized spacial score (nSPS) is 18.9. The molecule has 0 spiro atoms. The molecule has 3 aliphatic rings. The van der Waals surface area contributed by atoms with E-state index in [1.54, 1.807) is 29.8 Å². The molecule has 0 bridgehead atoms. The fraction of sp³-hybridized carbons (Fsp3) is 0.422. The number of nitrogens with zero attached hydrogens (tertiary/aromatic N) is 4.